The Hall–Kier alpha value is -4.29. The quantitative estimate of drug-likeness (QED) is 0.392. The Morgan fingerprint density at radius 1 is 1.08 bits per heavy atom. The first-order valence-corrected chi connectivity index (χ1v) is 11.5. The fraction of sp³-hybridized carbons (Fsp3) is 0.292. The second-order valence-electron chi connectivity index (χ2n) is 8.66. The number of fused-ring (bicyclic) bond motifs is 1. The predicted octanol–water partition coefficient (Wildman–Crippen LogP) is 4.37. The van der Waals surface area contributed by atoms with Gasteiger partial charge in [-0.3, -0.25) is 9.67 Å². The van der Waals surface area contributed by atoms with Crippen molar-refractivity contribution in [1.29, 1.82) is 0 Å². The number of rotatable bonds is 4. The first-order valence-electron chi connectivity index (χ1n) is 11.5. The van der Waals surface area contributed by atoms with Crippen molar-refractivity contribution in [3.05, 3.63) is 60.2 Å². The molecule has 0 saturated carbocycles. The van der Waals surface area contributed by atoms with Crippen molar-refractivity contribution < 1.29 is 22.4 Å². The molecule has 0 spiro atoms. The number of pyridine rings is 1. The largest absolute Gasteiger partial charge is 0.418 e. The van der Waals surface area contributed by atoms with Gasteiger partial charge >= 0.3 is 12.2 Å². The highest BCUT2D eigenvalue weighted by atomic mass is 19.4. The summed E-state index contributed by atoms with van der Waals surface area (Å²) in [5.74, 6) is -0.372. The number of amides is 2. The predicted molar refractivity (Wildman–Crippen MR) is 128 cm³/mol. The molecule has 1 saturated heterocycles. The molecule has 5 rings (SSSR count). The van der Waals surface area contributed by atoms with Crippen LogP contribution in [0.1, 0.15) is 18.4 Å². The summed E-state index contributed by atoms with van der Waals surface area (Å²) in [4.78, 5) is 19.0. The molecule has 3 aromatic heterocycles. The Kier molecular flexibility index (Phi) is 6.36. The van der Waals surface area contributed by atoms with Crippen molar-refractivity contribution >= 4 is 28.4 Å². The van der Waals surface area contributed by atoms with E-state index < -0.39 is 29.3 Å². The maximum absolute atomic E-state index is 13.3. The molecule has 13 heteroatoms. The summed E-state index contributed by atoms with van der Waals surface area (Å²) in [6.45, 7) is 1.08. The second-order valence-corrected chi connectivity index (χ2v) is 8.66. The number of anilines is 2. The van der Waals surface area contributed by atoms with E-state index in [-0.39, 0.29) is 6.04 Å². The lowest BCUT2D eigenvalue weighted by Crippen LogP contribution is -2.46. The second kappa shape index (κ2) is 9.64. The van der Waals surface area contributed by atoms with Crippen LogP contribution in [-0.4, -0.2) is 50.1 Å². The van der Waals surface area contributed by atoms with Gasteiger partial charge in [0.25, 0.3) is 0 Å². The zero-order chi connectivity index (χ0) is 26.2. The molecule has 1 aromatic carbocycles. The summed E-state index contributed by atoms with van der Waals surface area (Å²) < 4.78 is 54.7. The number of piperidine rings is 1. The van der Waals surface area contributed by atoms with Crippen LogP contribution in [0.2, 0.25) is 0 Å². The van der Waals surface area contributed by atoms with Crippen LogP contribution in [0.5, 0.6) is 0 Å². The van der Waals surface area contributed by atoms with Crippen molar-refractivity contribution in [2.75, 3.05) is 23.3 Å². The van der Waals surface area contributed by atoms with E-state index in [0.29, 0.717) is 49.0 Å². The molecule has 2 amide bonds. The maximum Gasteiger partial charge on any atom is 0.418 e. The van der Waals surface area contributed by atoms with Crippen molar-refractivity contribution in [3.63, 3.8) is 0 Å². The standard InChI is InChI=1S/C24H22F4N8O/c1-35-19(6-10-30-35)21-20-16(3-2-9-29-20)22(34-33-21)36-11-7-15(8-12-36)31-23(37)32-18-5-4-14(25)13-17(18)24(26,27)28/h2-6,9-10,13,15H,7-8,11-12H2,1H3,(H2,31,32,37). The summed E-state index contributed by atoms with van der Waals surface area (Å²) in [6.07, 6.45) is -0.367. The number of hydrogen-bond donors (Lipinski definition) is 2. The lowest BCUT2D eigenvalue weighted by atomic mass is 10.0. The zero-order valence-electron chi connectivity index (χ0n) is 19.6. The monoisotopic (exact) mass is 514 g/mol. The molecule has 4 heterocycles. The summed E-state index contributed by atoms with van der Waals surface area (Å²) >= 11 is 0. The van der Waals surface area contributed by atoms with Crippen LogP contribution in [0, 0.1) is 5.82 Å². The summed E-state index contributed by atoms with van der Waals surface area (Å²) in [5, 5.41) is 18.8. The number of aryl methyl sites for hydroxylation is 1. The van der Waals surface area contributed by atoms with E-state index >= 15 is 0 Å². The van der Waals surface area contributed by atoms with Crippen LogP contribution >= 0.6 is 0 Å². The minimum absolute atomic E-state index is 0.267. The third kappa shape index (κ3) is 5.01. The number of halogens is 4. The smallest absolute Gasteiger partial charge is 0.354 e. The zero-order valence-corrected chi connectivity index (χ0v) is 19.6. The number of carbonyl (C=O) groups is 1. The maximum atomic E-state index is 13.3. The average Bonchev–Trinajstić information content (AvgIpc) is 3.30. The molecule has 192 valence electrons. The van der Waals surface area contributed by atoms with Crippen molar-refractivity contribution in [1.82, 2.24) is 30.3 Å². The van der Waals surface area contributed by atoms with E-state index in [1.807, 2.05) is 30.1 Å². The topological polar surface area (TPSA) is 101 Å². The van der Waals surface area contributed by atoms with Gasteiger partial charge in [-0.25, -0.2) is 9.18 Å². The van der Waals surface area contributed by atoms with Crippen LogP contribution in [0.25, 0.3) is 22.3 Å². The van der Waals surface area contributed by atoms with Gasteiger partial charge < -0.3 is 15.5 Å². The SMILES string of the molecule is Cn1nccc1-c1nnc(N2CCC(NC(=O)Nc3ccc(F)cc3C(F)(F)F)CC2)c2cccnc12. The van der Waals surface area contributed by atoms with E-state index in [9.17, 15) is 22.4 Å². The molecule has 0 atom stereocenters. The first-order chi connectivity index (χ1) is 17.7. The van der Waals surface area contributed by atoms with E-state index in [0.717, 1.165) is 23.2 Å². The number of urea groups is 1. The first kappa shape index (κ1) is 24.4. The highest BCUT2D eigenvalue weighted by Crippen LogP contribution is 2.35. The van der Waals surface area contributed by atoms with E-state index in [1.165, 1.54) is 0 Å². The molecule has 0 radical (unpaired) electrons. The molecular formula is C24H22F4N8O. The van der Waals surface area contributed by atoms with Crippen molar-refractivity contribution in [2.24, 2.45) is 7.05 Å². The fourth-order valence-corrected chi connectivity index (χ4v) is 4.42. The number of nitrogens with one attached hydrogen (secondary N) is 2. The van der Waals surface area contributed by atoms with E-state index in [1.54, 1.807) is 17.1 Å². The van der Waals surface area contributed by atoms with Gasteiger partial charge in [-0.2, -0.15) is 18.3 Å². The van der Waals surface area contributed by atoms with Crippen molar-refractivity contribution in [3.8, 4) is 11.4 Å². The lowest BCUT2D eigenvalue weighted by Gasteiger charge is -2.33. The summed E-state index contributed by atoms with van der Waals surface area (Å²) in [7, 11) is 1.81. The van der Waals surface area contributed by atoms with Crippen LogP contribution in [0.15, 0.2) is 48.8 Å². The van der Waals surface area contributed by atoms with Gasteiger partial charge in [0.15, 0.2) is 5.82 Å². The van der Waals surface area contributed by atoms with Crippen molar-refractivity contribution in [2.45, 2.75) is 25.1 Å². The van der Waals surface area contributed by atoms with Crippen LogP contribution in [0.4, 0.5) is 33.9 Å². The van der Waals surface area contributed by atoms with Gasteiger partial charge in [0.05, 0.1) is 16.9 Å². The molecule has 2 N–H and O–H groups in total. The van der Waals surface area contributed by atoms with Gasteiger partial charge in [0.2, 0.25) is 0 Å². The van der Waals surface area contributed by atoms with Gasteiger partial charge in [-0.05, 0) is 49.2 Å². The van der Waals surface area contributed by atoms with Crippen LogP contribution < -0.4 is 15.5 Å². The van der Waals surface area contributed by atoms with Gasteiger partial charge in [-0.15, -0.1) is 10.2 Å². The Bertz CT molecular complexity index is 1450. The third-order valence-electron chi connectivity index (χ3n) is 6.25. The Balaban J connectivity index is 1.27. The summed E-state index contributed by atoms with van der Waals surface area (Å²) in [5.41, 5.74) is 0.339. The summed E-state index contributed by atoms with van der Waals surface area (Å²) in [6, 6.07) is 6.64. The Morgan fingerprint density at radius 2 is 1.86 bits per heavy atom. The minimum atomic E-state index is -4.80. The number of nitrogens with zero attached hydrogens (tertiary/aromatic N) is 6. The highest BCUT2D eigenvalue weighted by molar-refractivity contribution is 5.97. The van der Waals surface area contributed by atoms with Crippen LogP contribution in [0.3, 0.4) is 0 Å². The van der Waals surface area contributed by atoms with E-state index in [4.69, 9.17) is 0 Å². The molecule has 4 aromatic rings. The molecule has 0 aliphatic carbocycles. The highest BCUT2D eigenvalue weighted by Gasteiger charge is 2.34. The fourth-order valence-electron chi connectivity index (χ4n) is 4.42. The van der Waals surface area contributed by atoms with E-state index in [2.05, 4.69) is 30.9 Å². The molecule has 1 fully saturated rings. The lowest BCUT2D eigenvalue weighted by molar-refractivity contribution is -0.137. The average molecular weight is 514 g/mol. The number of aromatic nitrogens is 5. The third-order valence-corrected chi connectivity index (χ3v) is 6.25. The Labute approximate surface area is 208 Å². The van der Waals surface area contributed by atoms with Gasteiger partial charge in [0, 0.05) is 44.0 Å². The van der Waals surface area contributed by atoms with Crippen LogP contribution in [-0.2, 0) is 13.2 Å². The van der Waals surface area contributed by atoms with Gasteiger partial charge in [-0.1, -0.05) is 0 Å². The molecule has 0 unspecified atom stereocenters. The molecule has 0 bridgehead atoms. The molecule has 9 nitrogen and oxygen atoms in total. The number of benzene rings is 1. The molecule has 1 aliphatic rings. The Morgan fingerprint density at radius 3 is 2.57 bits per heavy atom. The number of hydrogen-bond acceptors (Lipinski definition) is 6. The normalized spacial score (nSPS) is 14.7. The molecule has 37 heavy (non-hydrogen) atoms. The molecule has 1 aliphatic heterocycles. The number of carbonyl (C=O) groups excluding carboxylic acids is 1. The van der Waals surface area contributed by atoms with Gasteiger partial charge in [0.1, 0.15) is 17.0 Å². The molecular weight excluding hydrogens is 492 g/mol. The number of alkyl halides is 3. The minimum Gasteiger partial charge on any atom is -0.354 e.